The van der Waals surface area contributed by atoms with E-state index in [-0.39, 0.29) is 54.2 Å². The van der Waals surface area contributed by atoms with Gasteiger partial charge in [-0.25, -0.2) is 0 Å². The molecule has 6 nitrogen and oxygen atoms in total. The molecular weight excluding hydrogens is 456 g/mol. The van der Waals surface area contributed by atoms with Crippen LogP contribution in [-0.4, -0.2) is 34.2 Å². The predicted octanol–water partition coefficient (Wildman–Crippen LogP) is 5.29. The van der Waals surface area contributed by atoms with E-state index in [2.05, 4.69) is 6.92 Å². The molecule has 0 aromatic rings. The Balaban J connectivity index is 1.76. The lowest BCUT2D eigenvalue weighted by molar-refractivity contribution is -0.143. The van der Waals surface area contributed by atoms with Gasteiger partial charge in [0, 0.05) is 42.1 Å². The van der Waals surface area contributed by atoms with Crippen molar-refractivity contribution in [3.63, 3.8) is 0 Å². The fourth-order valence-electron chi connectivity index (χ4n) is 8.57. The summed E-state index contributed by atoms with van der Waals surface area (Å²) in [6.07, 6.45) is 4.43. The maximum absolute atomic E-state index is 14.0. The third kappa shape index (κ3) is 3.46. The van der Waals surface area contributed by atoms with Crippen LogP contribution in [0.25, 0.3) is 0 Å². The number of ketones is 4. The Bertz CT molecular complexity index is 1140. The average molecular weight is 497 g/mol. The van der Waals surface area contributed by atoms with Crippen LogP contribution in [0.15, 0.2) is 22.8 Å². The van der Waals surface area contributed by atoms with Crippen LogP contribution in [0.5, 0.6) is 0 Å². The third-order valence-corrected chi connectivity index (χ3v) is 10.9. The highest BCUT2D eigenvalue weighted by molar-refractivity contribution is 6.05. The van der Waals surface area contributed by atoms with Gasteiger partial charge in [0.05, 0.1) is 11.3 Å². The highest BCUT2D eigenvalue weighted by Crippen LogP contribution is 2.70. The molecule has 6 heteroatoms. The highest BCUT2D eigenvalue weighted by Gasteiger charge is 2.68. The fraction of sp³-hybridized carbons (Fsp3) is 0.700. The normalized spacial score (nSPS) is 38.9. The van der Waals surface area contributed by atoms with Crippen LogP contribution in [0, 0.1) is 39.4 Å². The van der Waals surface area contributed by atoms with Gasteiger partial charge in [0.1, 0.15) is 11.6 Å². The van der Waals surface area contributed by atoms with E-state index in [1.165, 1.54) is 13.0 Å². The maximum atomic E-state index is 14.0. The monoisotopic (exact) mass is 496 g/mol. The molecule has 0 aliphatic heterocycles. The number of Topliss-reactive ketones (excluding diaryl/α,β-unsaturated/α-hetero) is 3. The van der Waals surface area contributed by atoms with E-state index in [9.17, 15) is 24.0 Å². The van der Waals surface area contributed by atoms with Crippen molar-refractivity contribution in [3.05, 3.63) is 22.8 Å². The van der Waals surface area contributed by atoms with Crippen molar-refractivity contribution in [2.75, 3.05) is 0 Å². The second kappa shape index (κ2) is 8.32. The van der Waals surface area contributed by atoms with Gasteiger partial charge in [-0.2, -0.15) is 0 Å². The van der Waals surface area contributed by atoms with Gasteiger partial charge in [-0.05, 0) is 62.0 Å². The van der Waals surface area contributed by atoms with Crippen molar-refractivity contribution in [2.24, 2.45) is 39.4 Å². The number of carbonyl (C=O) groups is 5. The largest absolute Gasteiger partial charge is 0.481 e. The summed E-state index contributed by atoms with van der Waals surface area (Å²) in [5.41, 5.74) is 0.159. The molecule has 0 aromatic heterocycles. The van der Waals surface area contributed by atoms with Crippen molar-refractivity contribution in [2.45, 2.75) is 93.4 Å². The molecule has 36 heavy (non-hydrogen) atoms. The summed E-state index contributed by atoms with van der Waals surface area (Å²) in [6.45, 7) is 13.5. The molecule has 0 saturated heterocycles. The molecule has 0 radical (unpaired) electrons. The number of carboxylic acids is 1. The van der Waals surface area contributed by atoms with Gasteiger partial charge < -0.3 is 5.11 Å². The van der Waals surface area contributed by atoms with Crippen LogP contribution >= 0.6 is 0 Å². The van der Waals surface area contributed by atoms with Crippen molar-refractivity contribution in [1.29, 1.82) is 0 Å². The SMILES string of the molecule is CC(=CC(=O)CC(C)C(=O)O)C1CC(=O)C2(C)C3=C(C(=O)CC12C)C1(C)CCC(=O)C(C)(C)C1CC3. The van der Waals surface area contributed by atoms with Crippen LogP contribution in [0.3, 0.4) is 0 Å². The molecule has 4 rings (SSSR count). The van der Waals surface area contributed by atoms with Gasteiger partial charge in [0.15, 0.2) is 11.6 Å². The number of carboxylic acid groups (broad SMARTS) is 1. The van der Waals surface area contributed by atoms with E-state index in [1.54, 1.807) is 0 Å². The first-order valence-electron chi connectivity index (χ1n) is 13.3. The molecule has 196 valence electrons. The van der Waals surface area contributed by atoms with Gasteiger partial charge in [-0.1, -0.05) is 40.2 Å². The zero-order valence-electron chi connectivity index (χ0n) is 22.7. The summed E-state index contributed by atoms with van der Waals surface area (Å²) in [5.74, 6) is -1.79. The Morgan fingerprint density at radius 2 is 1.69 bits per heavy atom. The average Bonchev–Trinajstić information content (AvgIpc) is 2.97. The van der Waals surface area contributed by atoms with Crippen molar-refractivity contribution in [3.8, 4) is 0 Å². The predicted molar refractivity (Wildman–Crippen MR) is 135 cm³/mol. The Morgan fingerprint density at radius 3 is 2.31 bits per heavy atom. The molecule has 0 bridgehead atoms. The molecule has 4 aliphatic carbocycles. The second-order valence-electron chi connectivity index (χ2n) is 13.1. The minimum Gasteiger partial charge on any atom is -0.481 e. The molecule has 6 unspecified atom stereocenters. The first-order chi connectivity index (χ1) is 16.5. The quantitative estimate of drug-likeness (QED) is 0.519. The molecule has 6 atom stereocenters. The standard InChI is InChI=1S/C30H40O6/c1-16(12-18(31)13-17(2)26(35)36)20-14-24(34)30(7)19-8-9-22-27(3,4)23(33)10-11-28(22,5)25(19)21(32)15-29(20,30)6/h12,17,20,22H,8-11,13-15H2,1-7H3,(H,35,36). The van der Waals surface area contributed by atoms with Gasteiger partial charge in [-0.15, -0.1) is 0 Å². The summed E-state index contributed by atoms with van der Waals surface area (Å²) in [7, 11) is 0. The number of hydrogen-bond donors (Lipinski definition) is 1. The maximum Gasteiger partial charge on any atom is 0.306 e. The minimum absolute atomic E-state index is 0.0738. The van der Waals surface area contributed by atoms with Crippen molar-refractivity contribution < 1.29 is 29.1 Å². The molecule has 2 saturated carbocycles. The molecule has 2 fully saturated rings. The lowest BCUT2D eigenvalue weighted by atomic mass is 9.43. The van der Waals surface area contributed by atoms with E-state index in [4.69, 9.17) is 5.11 Å². The fourth-order valence-corrected chi connectivity index (χ4v) is 8.57. The molecule has 1 N–H and O–H groups in total. The van der Waals surface area contributed by atoms with Crippen molar-refractivity contribution in [1.82, 2.24) is 0 Å². The first kappa shape index (κ1) is 26.7. The second-order valence-corrected chi connectivity index (χ2v) is 13.1. The number of allylic oxidation sites excluding steroid dienone is 4. The zero-order valence-corrected chi connectivity index (χ0v) is 22.7. The summed E-state index contributed by atoms with van der Waals surface area (Å²) >= 11 is 0. The van der Waals surface area contributed by atoms with E-state index in [0.29, 0.717) is 19.3 Å². The van der Waals surface area contributed by atoms with Crippen LogP contribution in [0.4, 0.5) is 0 Å². The summed E-state index contributed by atoms with van der Waals surface area (Å²) in [5, 5.41) is 9.15. The van der Waals surface area contributed by atoms with E-state index < -0.39 is 33.5 Å². The molecule has 0 amide bonds. The lowest BCUT2D eigenvalue weighted by Gasteiger charge is -2.59. The van der Waals surface area contributed by atoms with Crippen LogP contribution < -0.4 is 0 Å². The van der Waals surface area contributed by atoms with Gasteiger partial charge in [0.2, 0.25) is 0 Å². The number of aliphatic carboxylic acids is 1. The van der Waals surface area contributed by atoms with Crippen LogP contribution in [-0.2, 0) is 24.0 Å². The number of hydrogen-bond acceptors (Lipinski definition) is 5. The van der Waals surface area contributed by atoms with Crippen LogP contribution in [0.1, 0.15) is 93.4 Å². The zero-order chi connectivity index (χ0) is 27.0. The molecule has 0 spiro atoms. The van der Waals surface area contributed by atoms with Crippen molar-refractivity contribution >= 4 is 29.1 Å². The first-order valence-corrected chi connectivity index (χ1v) is 13.3. The summed E-state index contributed by atoms with van der Waals surface area (Å²) in [6, 6.07) is 0. The number of carbonyl (C=O) groups excluding carboxylic acids is 4. The van der Waals surface area contributed by atoms with Gasteiger partial charge >= 0.3 is 5.97 Å². The lowest BCUT2D eigenvalue weighted by Crippen LogP contribution is -2.56. The summed E-state index contributed by atoms with van der Waals surface area (Å²) in [4.78, 5) is 64.4. The Morgan fingerprint density at radius 1 is 1.06 bits per heavy atom. The topological polar surface area (TPSA) is 106 Å². The molecule has 4 aliphatic rings. The molecule has 0 aromatic carbocycles. The van der Waals surface area contributed by atoms with E-state index in [0.717, 1.165) is 23.1 Å². The molecule has 0 heterocycles. The van der Waals surface area contributed by atoms with E-state index >= 15 is 0 Å². The number of fused-ring (bicyclic) bond motifs is 4. The minimum atomic E-state index is -1.01. The Hall–Kier alpha value is -2.37. The van der Waals surface area contributed by atoms with Gasteiger partial charge in [-0.3, -0.25) is 24.0 Å². The smallest absolute Gasteiger partial charge is 0.306 e. The van der Waals surface area contributed by atoms with Crippen LogP contribution in [0.2, 0.25) is 0 Å². The highest BCUT2D eigenvalue weighted by atomic mass is 16.4. The van der Waals surface area contributed by atoms with Gasteiger partial charge in [0.25, 0.3) is 0 Å². The number of rotatable bonds is 5. The Labute approximate surface area is 214 Å². The van der Waals surface area contributed by atoms with E-state index in [1.807, 2.05) is 34.6 Å². The molecular formula is C30H40O6. The summed E-state index contributed by atoms with van der Waals surface area (Å²) < 4.78 is 0. The third-order valence-electron chi connectivity index (χ3n) is 10.9. The Kier molecular flexibility index (Phi) is 6.17.